The molecule has 2 rings (SSSR count). The standard InChI is InChI=1S/C12H5Br6FO/c13-7-8(20-6-4-2-1-3-5-6)10(15)11(16,17)12(18,19)9(7)14/h1-5H. The molecule has 0 radical (unpaired) electrons. The lowest BCUT2D eigenvalue weighted by molar-refractivity contribution is 0.345. The Balaban J connectivity index is 2.52. The summed E-state index contributed by atoms with van der Waals surface area (Å²) in [5, 5.41) is 0. The predicted molar refractivity (Wildman–Crippen MR) is 101 cm³/mol. The Hall–Kier alpha value is 1.31. The molecule has 8 heteroatoms. The van der Waals surface area contributed by atoms with Crippen LogP contribution in [0.5, 0.6) is 5.75 Å². The Bertz CT molecular complexity index is 593. The van der Waals surface area contributed by atoms with Crippen LogP contribution in [-0.4, -0.2) is 7.81 Å². The first-order valence-corrected chi connectivity index (χ1v) is 9.90. The van der Waals surface area contributed by atoms with Crippen LogP contribution in [0.1, 0.15) is 0 Å². The van der Waals surface area contributed by atoms with Crippen LogP contribution >= 0.6 is 95.6 Å². The third-order valence-electron chi connectivity index (χ3n) is 2.50. The summed E-state index contributed by atoms with van der Waals surface area (Å²) in [6.07, 6.45) is 0. The number of hydrogen-bond acceptors (Lipinski definition) is 1. The van der Waals surface area contributed by atoms with Gasteiger partial charge >= 0.3 is 0 Å². The summed E-state index contributed by atoms with van der Waals surface area (Å²) < 4.78 is 18.8. The topological polar surface area (TPSA) is 9.23 Å². The van der Waals surface area contributed by atoms with E-state index in [1.165, 1.54) is 0 Å². The molecule has 1 aromatic carbocycles. The Labute approximate surface area is 166 Å². The van der Waals surface area contributed by atoms with Crippen LogP contribution in [0.4, 0.5) is 4.39 Å². The lowest BCUT2D eigenvalue weighted by atomic mass is 10.1. The molecule has 0 amide bonds. The van der Waals surface area contributed by atoms with Crippen molar-refractivity contribution in [3.63, 3.8) is 0 Å². The van der Waals surface area contributed by atoms with Crippen molar-refractivity contribution in [2.45, 2.75) is 7.81 Å². The van der Waals surface area contributed by atoms with E-state index in [0.29, 0.717) is 20.5 Å². The second kappa shape index (κ2) is 6.43. The highest BCUT2D eigenvalue weighted by Gasteiger charge is 2.57. The molecule has 1 atom stereocenters. The minimum absolute atomic E-state index is 0.271. The molecule has 0 N–H and O–H groups in total. The lowest BCUT2D eigenvalue weighted by Gasteiger charge is -2.37. The molecule has 1 aromatic rings. The van der Waals surface area contributed by atoms with Crippen molar-refractivity contribution in [2.24, 2.45) is 0 Å². The largest absolute Gasteiger partial charge is 0.455 e. The van der Waals surface area contributed by atoms with Gasteiger partial charge in [-0.05, 0) is 75.9 Å². The molecule has 1 aliphatic rings. The maximum atomic E-state index is 14.8. The Morgan fingerprint density at radius 2 is 1.45 bits per heavy atom. The third kappa shape index (κ3) is 3.02. The summed E-state index contributed by atoms with van der Waals surface area (Å²) in [4.78, 5) is 0. The first kappa shape index (κ1) is 17.7. The van der Waals surface area contributed by atoms with Crippen molar-refractivity contribution < 1.29 is 9.13 Å². The molecule has 1 unspecified atom stereocenters. The highest BCUT2D eigenvalue weighted by atomic mass is 79.9. The van der Waals surface area contributed by atoms with Gasteiger partial charge in [0.25, 0.3) is 0 Å². The minimum atomic E-state index is -1.89. The van der Waals surface area contributed by atoms with E-state index in [0.717, 1.165) is 0 Å². The van der Waals surface area contributed by atoms with Gasteiger partial charge in [-0.15, -0.1) is 0 Å². The Morgan fingerprint density at radius 1 is 0.900 bits per heavy atom. The minimum Gasteiger partial charge on any atom is -0.455 e. The lowest BCUT2D eigenvalue weighted by Crippen LogP contribution is -2.40. The molecular weight excluding hydrogens is 659 g/mol. The van der Waals surface area contributed by atoms with Gasteiger partial charge in [-0.1, -0.05) is 50.1 Å². The van der Waals surface area contributed by atoms with Crippen LogP contribution in [0, 0.1) is 0 Å². The van der Waals surface area contributed by atoms with Gasteiger partial charge in [-0.25, -0.2) is 4.39 Å². The highest BCUT2D eigenvalue weighted by Crippen LogP contribution is 2.62. The maximum Gasteiger partial charge on any atom is 0.227 e. The number of rotatable bonds is 2. The van der Waals surface area contributed by atoms with Crippen LogP contribution in [0.15, 0.2) is 49.5 Å². The van der Waals surface area contributed by atoms with Crippen molar-refractivity contribution in [2.75, 3.05) is 0 Å². The fraction of sp³-hybridized carbons (Fsp3) is 0.167. The summed E-state index contributed by atoms with van der Waals surface area (Å²) in [5.41, 5.74) is 0. The fourth-order valence-corrected chi connectivity index (χ4v) is 5.51. The molecule has 0 fully saturated rings. The first-order chi connectivity index (χ1) is 9.19. The van der Waals surface area contributed by atoms with Crippen molar-refractivity contribution in [3.05, 3.63) is 49.5 Å². The smallest absolute Gasteiger partial charge is 0.227 e. The zero-order valence-electron chi connectivity index (χ0n) is 9.44. The van der Waals surface area contributed by atoms with E-state index in [2.05, 4.69) is 95.6 Å². The van der Waals surface area contributed by atoms with E-state index >= 15 is 0 Å². The average molecular weight is 664 g/mol. The summed E-state index contributed by atoms with van der Waals surface area (Å²) in [5.74, 6) is 1.11. The van der Waals surface area contributed by atoms with Crippen molar-refractivity contribution >= 4 is 95.6 Å². The van der Waals surface area contributed by atoms with Crippen LogP contribution < -0.4 is 4.74 Å². The molecule has 108 valence electrons. The number of ether oxygens (including phenoxy) is 1. The quantitative estimate of drug-likeness (QED) is 0.304. The van der Waals surface area contributed by atoms with Crippen LogP contribution in [0.25, 0.3) is 0 Å². The molecule has 0 saturated heterocycles. The predicted octanol–water partition coefficient (Wildman–Crippen LogP) is 7.23. The summed E-state index contributed by atoms with van der Waals surface area (Å²) in [6.45, 7) is 0. The maximum absolute atomic E-state index is 14.8. The van der Waals surface area contributed by atoms with Crippen LogP contribution in [-0.2, 0) is 0 Å². The first-order valence-electron chi connectivity index (χ1n) is 5.14. The van der Waals surface area contributed by atoms with Gasteiger partial charge in [0.15, 0.2) is 8.99 Å². The third-order valence-corrected chi connectivity index (χ3v) is 11.2. The molecule has 1 aliphatic carbocycles. The monoisotopic (exact) mass is 658 g/mol. The van der Waals surface area contributed by atoms with E-state index in [9.17, 15) is 4.39 Å². The summed E-state index contributed by atoms with van der Waals surface area (Å²) in [6, 6.07) is 9.24. The molecule has 0 bridgehead atoms. The molecule has 1 nitrogen and oxygen atoms in total. The van der Waals surface area contributed by atoms with Crippen molar-refractivity contribution in [3.8, 4) is 5.75 Å². The van der Waals surface area contributed by atoms with Crippen LogP contribution in [0.2, 0.25) is 0 Å². The molecular formula is C12H5Br6FO. The van der Waals surface area contributed by atoms with Gasteiger partial charge in [-0.2, -0.15) is 0 Å². The van der Waals surface area contributed by atoms with Crippen molar-refractivity contribution in [1.82, 2.24) is 0 Å². The number of benzene rings is 1. The van der Waals surface area contributed by atoms with Gasteiger partial charge in [0.2, 0.25) is 4.58 Å². The highest BCUT2D eigenvalue weighted by molar-refractivity contribution is 9.27. The number of halogens is 7. The number of alkyl halides is 4. The van der Waals surface area contributed by atoms with Crippen LogP contribution in [0.3, 0.4) is 0 Å². The Morgan fingerprint density at radius 3 is 2.00 bits per heavy atom. The van der Waals surface area contributed by atoms with Gasteiger partial charge in [-0.3, -0.25) is 0 Å². The van der Waals surface area contributed by atoms with Gasteiger partial charge < -0.3 is 4.74 Å². The van der Waals surface area contributed by atoms with Gasteiger partial charge in [0.1, 0.15) is 5.75 Å². The number of para-hydroxylation sites is 1. The SMILES string of the molecule is FC1(Br)C(Br)=C(Br)C(Oc2ccccc2)=C(Br)C1(Br)Br. The summed E-state index contributed by atoms with van der Waals surface area (Å²) in [7, 11) is 0. The molecule has 0 aliphatic heterocycles. The molecule has 0 saturated carbocycles. The number of hydrogen-bond donors (Lipinski definition) is 0. The molecule has 20 heavy (non-hydrogen) atoms. The van der Waals surface area contributed by atoms with Crippen molar-refractivity contribution in [1.29, 1.82) is 0 Å². The second-order valence-corrected chi connectivity index (χ2v) is 10.7. The second-order valence-electron chi connectivity index (χ2n) is 3.83. The molecule has 0 spiro atoms. The zero-order chi connectivity index (χ0) is 15.1. The Kier molecular flexibility index (Phi) is 5.68. The van der Waals surface area contributed by atoms with Gasteiger partial charge in [0, 0.05) is 0 Å². The average Bonchev–Trinajstić information content (AvgIpc) is 2.42. The van der Waals surface area contributed by atoms with E-state index < -0.39 is 7.81 Å². The molecule has 0 aromatic heterocycles. The van der Waals surface area contributed by atoms with E-state index in [4.69, 9.17) is 4.74 Å². The molecule has 0 heterocycles. The van der Waals surface area contributed by atoms with E-state index in [1.807, 2.05) is 30.3 Å². The number of allylic oxidation sites excluding steroid dienone is 3. The normalized spacial score (nSPS) is 25.9. The van der Waals surface area contributed by atoms with Gasteiger partial charge in [0.05, 0.1) is 13.4 Å². The van der Waals surface area contributed by atoms with E-state index in [-0.39, 0.29) is 4.48 Å². The fourth-order valence-electron chi connectivity index (χ4n) is 1.45. The van der Waals surface area contributed by atoms with E-state index in [1.54, 1.807) is 0 Å². The zero-order valence-corrected chi connectivity index (χ0v) is 19.0. The summed E-state index contributed by atoms with van der Waals surface area (Å²) >= 11 is 19.7.